The molecule has 156 valence electrons. The number of aromatic amines is 1. The van der Waals surface area contributed by atoms with E-state index >= 15 is 0 Å². The first kappa shape index (κ1) is 22.3. The molecule has 0 radical (unpaired) electrons. The van der Waals surface area contributed by atoms with E-state index in [1.165, 1.54) is 24.3 Å². The molecule has 1 aromatic carbocycles. The van der Waals surface area contributed by atoms with Gasteiger partial charge < -0.3 is 25.5 Å². The van der Waals surface area contributed by atoms with Crippen LogP contribution in [0.5, 0.6) is 0 Å². The molecule has 4 N–H and O–H groups in total. The van der Waals surface area contributed by atoms with E-state index in [0.29, 0.717) is 11.4 Å². The summed E-state index contributed by atoms with van der Waals surface area (Å²) in [4.78, 5) is 43.0. The van der Waals surface area contributed by atoms with Gasteiger partial charge in [0.2, 0.25) is 5.91 Å². The first-order valence-corrected chi connectivity index (χ1v) is 10.4. The summed E-state index contributed by atoms with van der Waals surface area (Å²) in [5.74, 6) is -1.15. The Morgan fingerprint density at radius 1 is 1.21 bits per heavy atom. The molecule has 1 heterocycles. The van der Waals surface area contributed by atoms with Crippen LogP contribution in [-0.2, 0) is 27.4 Å². The second-order valence-corrected chi connectivity index (χ2v) is 7.21. The Hall–Kier alpha value is -3.01. The number of carboxylic acid groups (broad SMARTS) is 1. The van der Waals surface area contributed by atoms with E-state index in [1.54, 1.807) is 0 Å². The van der Waals surface area contributed by atoms with E-state index in [1.807, 2.05) is 36.6 Å². The van der Waals surface area contributed by atoms with Crippen molar-refractivity contribution < 1.29 is 24.2 Å². The van der Waals surface area contributed by atoms with Gasteiger partial charge in [0.1, 0.15) is 18.7 Å². The number of aliphatic carboxylic acids is 1. The second-order valence-electron chi connectivity index (χ2n) is 6.22. The number of carbonyl (C=O) groups is 3. The van der Waals surface area contributed by atoms with E-state index < -0.39 is 30.1 Å². The predicted molar refractivity (Wildman–Crippen MR) is 108 cm³/mol. The average molecular weight is 420 g/mol. The van der Waals surface area contributed by atoms with Crippen LogP contribution in [0, 0.1) is 0 Å². The molecule has 2 rings (SSSR count). The number of aromatic nitrogens is 2. The molecule has 2 aromatic rings. The van der Waals surface area contributed by atoms with Crippen molar-refractivity contribution in [2.75, 3.05) is 12.0 Å². The maximum absolute atomic E-state index is 12.7. The maximum atomic E-state index is 12.7. The number of thioether (sulfide) groups is 1. The van der Waals surface area contributed by atoms with Crippen LogP contribution in [0.15, 0.2) is 42.9 Å². The number of alkyl carbamates (subject to hydrolysis) is 1. The number of benzene rings is 1. The highest BCUT2D eigenvalue weighted by Crippen LogP contribution is 2.05. The van der Waals surface area contributed by atoms with Crippen molar-refractivity contribution in [3.8, 4) is 0 Å². The Bertz CT molecular complexity index is 785. The molecular formula is C19H24N4O5S. The second kappa shape index (κ2) is 11.7. The highest BCUT2D eigenvalue weighted by molar-refractivity contribution is 7.98. The maximum Gasteiger partial charge on any atom is 0.408 e. The van der Waals surface area contributed by atoms with E-state index in [0.717, 1.165) is 5.56 Å². The highest BCUT2D eigenvalue weighted by Gasteiger charge is 2.27. The van der Waals surface area contributed by atoms with Gasteiger partial charge in [-0.25, -0.2) is 14.6 Å². The summed E-state index contributed by atoms with van der Waals surface area (Å²) in [6, 6.07) is 7.06. The van der Waals surface area contributed by atoms with Gasteiger partial charge in [-0.2, -0.15) is 11.8 Å². The van der Waals surface area contributed by atoms with Crippen LogP contribution >= 0.6 is 11.8 Å². The average Bonchev–Trinajstić information content (AvgIpc) is 3.22. The Balaban J connectivity index is 2.00. The lowest BCUT2D eigenvalue weighted by molar-refractivity contribution is -0.142. The third-order valence-corrected chi connectivity index (χ3v) is 4.67. The minimum absolute atomic E-state index is 0.0521. The number of amides is 2. The highest BCUT2D eigenvalue weighted by atomic mass is 32.2. The lowest BCUT2D eigenvalue weighted by Gasteiger charge is -2.21. The molecule has 2 amide bonds. The number of rotatable bonds is 11. The van der Waals surface area contributed by atoms with Crippen LogP contribution in [0.1, 0.15) is 17.7 Å². The number of H-pyrrole nitrogens is 1. The first-order chi connectivity index (χ1) is 14.0. The topological polar surface area (TPSA) is 133 Å². The number of imidazole rings is 1. The molecule has 9 nitrogen and oxygen atoms in total. The van der Waals surface area contributed by atoms with Gasteiger partial charge in [0.15, 0.2) is 0 Å². The van der Waals surface area contributed by atoms with E-state index in [9.17, 15) is 19.5 Å². The van der Waals surface area contributed by atoms with Crippen molar-refractivity contribution in [3.05, 3.63) is 54.1 Å². The molecule has 1 aromatic heterocycles. The standard InChI is InChI=1S/C19H24N4O5S/c1-29-8-7-15(18(25)26)22-17(24)16(9-14-10-20-12-21-14)23-19(27)28-11-13-5-3-2-4-6-13/h2-6,10,12,15-16H,7-9,11H2,1H3,(H,20,21)(H,22,24)(H,23,27)(H,25,26). The minimum atomic E-state index is -1.13. The third kappa shape index (κ3) is 7.86. The molecule has 2 atom stereocenters. The van der Waals surface area contributed by atoms with Gasteiger partial charge in [-0.3, -0.25) is 4.79 Å². The lowest BCUT2D eigenvalue weighted by atomic mass is 10.1. The Morgan fingerprint density at radius 3 is 2.59 bits per heavy atom. The number of carbonyl (C=O) groups excluding carboxylic acids is 2. The van der Waals surface area contributed by atoms with E-state index in [2.05, 4.69) is 20.6 Å². The molecule has 0 saturated heterocycles. The molecule has 0 aliphatic rings. The fourth-order valence-corrected chi connectivity index (χ4v) is 2.97. The summed E-state index contributed by atoms with van der Waals surface area (Å²) in [6.07, 6.45) is 4.45. The summed E-state index contributed by atoms with van der Waals surface area (Å²) in [5.41, 5.74) is 1.42. The van der Waals surface area contributed by atoms with Crippen LogP contribution in [0.2, 0.25) is 0 Å². The smallest absolute Gasteiger partial charge is 0.408 e. The van der Waals surface area contributed by atoms with Crippen molar-refractivity contribution in [1.29, 1.82) is 0 Å². The van der Waals surface area contributed by atoms with E-state index in [-0.39, 0.29) is 19.4 Å². The van der Waals surface area contributed by atoms with Gasteiger partial charge in [-0.1, -0.05) is 30.3 Å². The molecule has 0 aliphatic heterocycles. The fourth-order valence-electron chi connectivity index (χ4n) is 2.50. The molecule has 0 saturated carbocycles. The molecule has 0 spiro atoms. The number of carboxylic acids is 1. The fraction of sp³-hybridized carbons (Fsp3) is 0.368. The molecule has 10 heteroatoms. The summed E-state index contributed by atoms with van der Waals surface area (Å²) >= 11 is 1.48. The van der Waals surface area contributed by atoms with Crippen molar-refractivity contribution in [3.63, 3.8) is 0 Å². The number of hydrogen-bond donors (Lipinski definition) is 4. The molecule has 0 fully saturated rings. The summed E-state index contributed by atoms with van der Waals surface area (Å²) < 4.78 is 5.17. The van der Waals surface area contributed by atoms with Crippen LogP contribution in [0.3, 0.4) is 0 Å². The molecule has 0 aliphatic carbocycles. The van der Waals surface area contributed by atoms with Crippen LogP contribution in [0.25, 0.3) is 0 Å². The monoisotopic (exact) mass is 420 g/mol. The molecule has 2 unspecified atom stereocenters. The number of ether oxygens (including phenoxy) is 1. The summed E-state index contributed by atoms with van der Waals surface area (Å²) in [5, 5.41) is 14.3. The predicted octanol–water partition coefficient (Wildman–Crippen LogP) is 1.57. The first-order valence-electron chi connectivity index (χ1n) is 8.96. The normalized spacial score (nSPS) is 12.6. The van der Waals surface area contributed by atoms with Gasteiger partial charge in [0, 0.05) is 18.3 Å². The minimum Gasteiger partial charge on any atom is -0.480 e. The quantitative estimate of drug-likeness (QED) is 0.434. The zero-order valence-corrected chi connectivity index (χ0v) is 16.8. The molecule has 0 bridgehead atoms. The van der Waals surface area contributed by atoms with Crippen molar-refractivity contribution in [1.82, 2.24) is 20.6 Å². The molecule has 29 heavy (non-hydrogen) atoms. The van der Waals surface area contributed by atoms with E-state index in [4.69, 9.17) is 4.74 Å². The largest absolute Gasteiger partial charge is 0.480 e. The van der Waals surface area contributed by atoms with Gasteiger partial charge in [-0.05, 0) is 24.0 Å². The Kier molecular flexibility index (Phi) is 9.03. The number of nitrogens with zero attached hydrogens (tertiary/aromatic N) is 1. The van der Waals surface area contributed by atoms with Gasteiger partial charge in [0.05, 0.1) is 6.33 Å². The van der Waals surface area contributed by atoms with Crippen molar-refractivity contribution in [2.24, 2.45) is 0 Å². The van der Waals surface area contributed by atoms with Gasteiger partial charge in [0.25, 0.3) is 0 Å². The van der Waals surface area contributed by atoms with Crippen LogP contribution in [0.4, 0.5) is 4.79 Å². The third-order valence-electron chi connectivity index (χ3n) is 4.03. The molecular weight excluding hydrogens is 396 g/mol. The van der Waals surface area contributed by atoms with Crippen molar-refractivity contribution in [2.45, 2.75) is 31.5 Å². The number of hydrogen-bond acceptors (Lipinski definition) is 6. The Labute approximate surface area is 172 Å². The lowest BCUT2D eigenvalue weighted by Crippen LogP contribution is -2.52. The Morgan fingerprint density at radius 2 is 1.97 bits per heavy atom. The zero-order valence-electron chi connectivity index (χ0n) is 16.0. The summed E-state index contributed by atoms with van der Waals surface area (Å²) in [7, 11) is 0. The van der Waals surface area contributed by atoms with Gasteiger partial charge in [-0.15, -0.1) is 0 Å². The number of nitrogens with one attached hydrogen (secondary N) is 3. The SMILES string of the molecule is CSCCC(NC(=O)C(Cc1cnc[nH]1)NC(=O)OCc1ccccc1)C(=O)O. The summed E-state index contributed by atoms with van der Waals surface area (Å²) in [6.45, 7) is 0.0521. The van der Waals surface area contributed by atoms with Crippen LogP contribution in [-0.4, -0.2) is 57.1 Å². The van der Waals surface area contributed by atoms with Crippen molar-refractivity contribution >= 4 is 29.7 Å². The zero-order chi connectivity index (χ0) is 21.1. The van der Waals surface area contributed by atoms with Crippen LogP contribution < -0.4 is 10.6 Å². The van der Waals surface area contributed by atoms with Gasteiger partial charge >= 0.3 is 12.1 Å².